The number of anilines is 1. The summed E-state index contributed by atoms with van der Waals surface area (Å²) in [6, 6.07) is 7.62. The lowest BCUT2D eigenvalue weighted by Gasteiger charge is -2.36. The zero-order valence-electron chi connectivity index (χ0n) is 17.1. The molecule has 1 fully saturated rings. The number of para-hydroxylation sites is 1. The number of thiocarbonyl (C=S) groups is 1. The maximum atomic E-state index is 13.2. The molecule has 2 heterocycles. The minimum atomic E-state index is -0.478. The van der Waals surface area contributed by atoms with Gasteiger partial charge in [-0.2, -0.15) is 0 Å². The van der Waals surface area contributed by atoms with Gasteiger partial charge in [0.15, 0.2) is 5.11 Å². The Morgan fingerprint density at radius 3 is 2.27 bits per heavy atom. The molecule has 0 aromatic heterocycles. The van der Waals surface area contributed by atoms with Gasteiger partial charge in [0.05, 0.1) is 17.3 Å². The molecular formula is C21H23N3O4S2. The van der Waals surface area contributed by atoms with Crippen molar-refractivity contribution in [1.82, 2.24) is 9.80 Å². The predicted octanol–water partition coefficient (Wildman–Crippen LogP) is 2.93. The maximum absolute atomic E-state index is 13.2. The summed E-state index contributed by atoms with van der Waals surface area (Å²) in [5, 5.41) is 0.749. The maximum Gasteiger partial charge on any atom is 0.333 e. The van der Waals surface area contributed by atoms with Crippen molar-refractivity contribution < 1.29 is 19.1 Å². The molecule has 0 N–H and O–H groups in total. The van der Waals surface area contributed by atoms with Crippen molar-refractivity contribution in [2.24, 2.45) is 0 Å². The van der Waals surface area contributed by atoms with Crippen LogP contribution in [0.5, 0.6) is 0 Å². The van der Waals surface area contributed by atoms with E-state index in [1.807, 2.05) is 43.0 Å². The highest BCUT2D eigenvalue weighted by molar-refractivity contribution is 8.03. The summed E-state index contributed by atoms with van der Waals surface area (Å²) < 4.78 is 5.25. The fourth-order valence-electron chi connectivity index (χ4n) is 3.22. The van der Waals surface area contributed by atoms with E-state index < -0.39 is 17.8 Å². The van der Waals surface area contributed by atoms with E-state index in [4.69, 9.17) is 17.0 Å². The van der Waals surface area contributed by atoms with Crippen LogP contribution in [0, 0.1) is 0 Å². The Bertz CT molecular complexity index is 945. The van der Waals surface area contributed by atoms with E-state index in [9.17, 15) is 14.4 Å². The number of hydrogen-bond donors (Lipinski definition) is 0. The smallest absolute Gasteiger partial charge is 0.333 e. The van der Waals surface area contributed by atoms with Crippen molar-refractivity contribution in [3.63, 3.8) is 0 Å². The van der Waals surface area contributed by atoms with Crippen LogP contribution in [0.4, 0.5) is 5.69 Å². The Labute approximate surface area is 185 Å². The van der Waals surface area contributed by atoms with Crippen LogP contribution in [0.2, 0.25) is 0 Å². The van der Waals surface area contributed by atoms with E-state index in [-0.39, 0.29) is 17.3 Å². The van der Waals surface area contributed by atoms with Gasteiger partial charge in [-0.3, -0.25) is 19.4 Å². The number of carbonyl (C=O) groups excluding carboxylic acids is 3. The van der Waals surface area contributed by atoms with Gasteiger partial charge in [0.25, 0.3) is 11.8 Å². The molecule has 0 aliphatic carbocycles. The standard InChI is InChI=1S/C21H23N3O4S2/c1-5-22-17(25)16(18(26)23(6-2)21(22)29)19-24(11-12-28-20(27)13(3)4)14-9-7-8-10-15(14)30-19/h7-10H,3,5-6,11-12H2,1-2,4H3. The minimum Gasteiger partial charge on any atom is -0.460 e. The molecule has 30 heavy (non-hydrogen) atoms. The fraction of sp³-hybridized carbons (Fsp3) is 0.333. The highest BCUT2D eigenvalue weighted by Gasteiger charge is 2.43. The summed E-state index contributed by atoms with van der Waals surface area (Å²) in [6.07, 6.45) is 0. The van der Waals surface area contributed by atoms with Gasteiger partial charge in [-0.1, -0.05) is 30.5 Å². The third-order valence-electron chi connectivity index (χ3n) is 4.73. The van der Waals surface area contributed by atoms with E-state index in [1.54, 1.807) is 6.92 Å². The van der Waals surface area contributed by atoms with Gasteiger partial charge in [0.2, 0.25) is 0 Å². The molecule has 0 spiro atoms. The SMILES string of the molecule is C=C(C)C(=O)OCCN1C(=C2C(=O)N(CC)C(=S)N(CC)C2=O)Sc2ccccc21. The monoisotopic (exact) mass is 445 g/mol. The summed E-state index contributed by atoms with van der Waals surface area (Å²) in [5.41, 5.74) is 1.25. The van der Waals surface area contributed by atoms with Gasteiger partial charge >= 0.3 is 5.97 Å². The molecule has 7 nitrogen and oxygen atoms in total. The van der Waals surface area contributed by atoms with Crippen molar-refractivity contribution in [2.75, 3.05) is 31.1 Å². The third kappa shape index (κ3) is 3.87. The number of rotatable bonds is 6. The van der Waals surface area contributed by atoms with Crippen LogP contribution >= 0.6 is 24.0 Å². The Kier molecular flexibility index (Phi) is 6.62. The molecule has 2 aliphatic heterocycles. The molecule has 1 saturated heterocycles. The van der Waals surface area contributed by atoms with E-state index in [2.05, 4.69) is 6.58 Å². The van der Waals surface area contributed by atoms with Crippen molar-refractivity contribution in [2.45, 2.75) is 25.7 Å². The molecule has 1 aromatic rings. The van der Waals surface area contributed by atoms with E-state index >= 15 is 0 Å². The highest BCUT2D eigenvalue weighted by atomic mass is 32.2. The molecule has 1 aromatic carbocycles. The second-order valence-electron chi connectivity index (χ2n) is 6.70. The number of hydrogen-bond acceptors (Lipinski definition) is 7. The van der Waals surface area contributed by atoms with Gasteiger partial charge in [-0.25, -0.2) is 4.79 Å². The molecule has 158 valence electrons. The summed E-state index contributed by atoms with van der Waals surface area (Å²) in [6.45, 7) is 9.92. The van der Waals surface area contributed by atoms with Crippen LogP contribution in [0.3, 0.4) is 0 Å². The molecule has 2 amide bonds. The second kappa shape index (κ2) is 9.01. The zero-order valence-corrected chi connectivity index (χ0v) is 18.8. The molecule has 0 atom stereocenters. The van der Waals surface area contributed by atoms with Gasteiger partial charge < -0.3 is 9.64 Å². The Morgan fingerprint density at radius 1 is 1.10 bits per heavy atom. The number of thioether (sulfide) groups is 1. The van der Waals surface area contributed by atoms with Crippen LogP contribution in [0.25, 0.3) is 0 Å². The van der Waals surface area contributed by atoms with Gasteiger partial charge in [0, 0.05) is 23.6 Å². The van der Waals surface area contributed by atoms with E-state index in [0.29, 0.717) is 30.2 Å². The minimum absolute atomic E-state index is 0.0831. The first-order chi connectivity index (χ1) is 14.3. The Morgan fingerprint density at radius 2 is 1.70 bits per heavy atom. The Hall–Kier alpha value is -2.65. The van der Waals surface area contributed by atoms with Crippen molar-refractivity contribution >= 4 is 52.6 Å². The van der Waals surface area contributed by atoms with Crippen molar-refractivity contribution in [3.05, 3.63) is 47.0 Å². The van der Waals surface area contributed by atoms with Crippen LogP contribution in [-0.2, 0) is 19.1 Å². The molecule has 9 heteroatoms. The van der Waals surface area contributed by atoms with Crippen LogP contribution < -0.4 is 4.90 Å². The molecule has 3 rings (SSSR count). The number of carbonyl (C=O) groups is 3. The largest absolute Gasteiger partial charge is 0.460 e. The molecule has 0 radical (unpaired) electrons. The number of likely N-dealkylation sites (N-methyl/N-ethyl adjacent to an activating group) is 2. The number of fused-ring (bicyclic) bond motifs is 1. The number of ether oxygens (including phenoxy) is 1. The molecular weight excluding hydrogens is 422 g/mol. The average Bonchev–Trinajstić information content (AvgIpc) is 3.06. The van der Waals surface area contributed by atoms with Gasteiger partial charge in [-0.05, 0) is 45.1 Å². The zero-order chi connectivity index (χ0) is 22.0. The van der Waals surface area contributed by atoms with Gasteiger partial charge in [-0.15, -0.1) is 0 Å². The quantitative estimate of drug-likeness (QED) is 0.289. The van der Waals surface area contributed by atoms with Crippen LogP contribution in [0.1, 0.15) is 20.8 Å². The van der Waals surface area contributed by atoms with E-state index in [1.165, 1.54) is 21.6 Å². The predicted molar refractivity (Wildman–Crippen MR) is 120 cm³/mol. The number of amides is 2. The molecule has 0 bridgehead atoms. The first kappa shape index (κ1) is 22.0. The molecule has 0 unspecified atom stereocenters. The fourth-order valence-corrected chi connectivity index (χ4v) is 4.86. The molecule has 2 aliphatic rings. The summed E-state index contributed by atoms with van der Waals surface area (Å²) >= 11 is 6.71. The number of benzene rings is 1. The topological polar surface area (TPSA) is 70.2 Å². The number of esters is 1. The first-order valence-electron chi connectivity index (χ1n) is 9.60. The van der Waals surface area contributed by atoms with Crippen molar-refractivity contribution in [3.8, 4) is 0 Å². The van der Waals surface area contributed by atoms with Crippen molar-refractivity contribution in [1.29, 1.82) is 0 Å². The lowest BCUT2D eigenvalue weighted by molar-refractivity contribution is -0.139. The Balaban J connectivity index is 2.02. The third-order valence-corrected chi connectivity index (χ3v) is 6.35. The second-order valence-corrected chi connectivity index (χ2v) is 8.10. The summed E-state index contributed by atoms with van der Waals surface area (Å²) in [5.74, 6) is -1.29. The lowest BCUT2D eigenvalue weighted by atomic mass is 10.1. The summed E-state index contributed by atoms with van der Waals surface area (Å²) in [7, 11) is 0. The summed E-state index contributed by atoms with van der Waals surface area (Å²) in [4.78, 5) is 43.8. The van der Waals surface area contributed by atoms with E-state index in [0.717, 1.165) is 10.6 Å². The lowest BCUT2D eigenvalue weighted by Crippen LogP contribution is -2.56. The molecule has 0 saturated carbocycles. The average molecular weight is 446 g/mol. The van der Waals surface area contributed by atoms with Crippen LogP contribution in [-0.4, -0.2) is 58.9 Å². The first-order valence-corrected chi connectivity index (χ1v) is 10.8. The normalized spacial score (nSPS) is 16.4. The number of nitrogens with zero attached hydrogens (tertiary/aromatic N) is 3. The van der Waals surface area contributed by atoms with Crippen LogP contribution in [0.15, 0.2) is 51.9 Å². The van der Waals surface area contributed by atoms with Gasteiger partial charge in [0.1, 0.15) is 12.2 Å². The highest BCUT2D eigenvalue weighted by Crippen LogP contribution is 2.47.